The largest absolute Gasteiger partial charge is 0.435 e. The maximum absolute atomic E-state index is 12.3. The number of hydrogen-bond donors (Lipinski definition) is 2. The summed E-state index contributed by atoms with van der Waals surface area (Å²) in [5.74, 6) is 2.15. The molecule has 1 aromatic carbocycles. The maximum atomic E-state index is 12.3. The fourth-order valence-corrected chi connectivity index (χ4v) is 3.41. The van der Waals surface area contributed by atoms with Crippen molar-refractivity contribution in [2.24, 2.45) is 4.99 Å². The van der Waals surface area contributed by atoms with Gasteiger partial charge >= 0.3 is 6.61 Å². The van der Waals surface area contributed by atoms with Crippen molar-refractivity contribution in [2.75, 3.05) is 43.6 Å². The average Bonchev–Trinajstić information content (AvgIpc) is 2.64. The van der Waals surface area contributed by atoms with Gasteiger partial charge in [-0.05, 0) is 55.5 Å². The third kappa shape index (κ3) is 8.71. The van der Waals surface area contributed by atoms with Gasteiger partial charge in [0.1, 0.15) is 5.75 Å². The van der Waals surface area contributed by atoms with Crippen molar-refractivity contribution in [1.29, 1.82) is 0 Å². The van der Waals surface area contributed by atoms with Crippen LogP contribution in [0.2, 0.25) is 0 Å². The van der Waals surface area contributed by atoms with Crippen LogP contribution in [-0.4, -0.2) is 57.3 Å². The molecule has 0 radical (unpaired) electrons. The molecule has 1 aliphatic heterocycles. The van der Waals surface area contributed by atoms with Gasteiger partial charge in [-0.15, -0.1) is 24.0 Å². The summed E-state index contributed by atoms with van der Waals surface area (Å²) in [6, 6.07) is 7.13. The number of rotatable bonds is 8. The number of alkyl halides is 2. The molecule has 0 spiro atoms. The van der Waals surface area contributed by atoms with Gasteiger partial charge in [-0.3, -0.25) is 4.99 Å². The first kappa shape index (κ1) is 24.1. The van der Waals surface area contributed by atoms with Crippen LogP contribution >= 0.6 is 35.7 Å². The van der Waals surface area contributed by atoms with E-state index in [1.54, 1.807) is 19.2 Å². The van der Waals surface area contributed by atoms with Gasteiger partial charge in [-0.25, -0.2) is 0 Å². The lowest BCUT2D eigenvalue weighted by molar-refractivity contribution is -0.0498. The van der Waals surface area contributed by atoms with Crippen LogP contribution in [0, 0.1) is 0 Å². The van der Waals surface area contributed by atoms with Crippen molar-refractivity contribution < 1.29 is 13.5 Å². The zero-order chi connectivity index (χ0) is 18.8. The zero-order valence-electron chi connectivity index (χ0n) is 15.8. The lowest BCUT2D eigenvalue weighted by Crippen LogP contribution is -2.51. The number of thioether (sulfide) groups is 1. The Morgan fingerprint density at radius 1 is 1.37 bits per heavy atom. The summed E-state index contributed by atoms with van der Waals surface area (Å²) in [6.45, 7) is -0.0876. The Kier molecular flexibility index (Phi) is 11.8. The second-order valence-corrected chi connectivity index (χ2v) is 7.13. The minimum absolute atomic E-state index is 0. The monoisotopic (exact) mass is 514 g/mol. The Labute approximate surface area is 181 Å². The fourth-order valence-electron chi connectivity index (χ4n) is 2.98. The summed E-state index contributed by atoms with van der Waals surface area (Å²) < 4.78 is 28.9. The molecule has 1 aromatic rings. The van der Waals surface area contributed by atoms with Crippen LogP contribution in [-0.2, 0) is 0 Å². The van der Waals surface area contributed by atoms with Crippen LogP contribution in [0.25, 0.3) is 0 Å². The molecule has 1 heterocycles. The Hall–Kier alpha value is -0.970. The van der Waals surface area contributed by atoms with Gasteiger partial charge in [0.2, 0.25) is 0 Å². The third-order valence-electron chi connectivity index (χ3n) is 4.23. The molecule has 1 fully saturated rings. The van der Waals surface area contributed by atoms with Crippen molar-refractivity contribution in [1.82, 2.24) is 10.6 Å². The molecule has 1 atom stereocenters. The Balaban J connectivity index is 0.00000364. The van der Waals surface area contributed by atoms with E-state index in [1.165, 1.54) is 0 Å². The highest BCUT2D eigenvalue weighted by atomic mass is 127. The van der Waals surface area contributed by atoms with E-state index in [9.17, 15) is 8.78 Å². The van der Waals surface area contributed by atoms with Crippen molar-refractivity contribution in [2.45, 2.75) is 31.9 Å². The summed E-state index contributed by atoms with van der Waals surface area (Å²) in [6.07, 6.45) is 5.35. The van der Waals surface area contributed by atoms with E-state index in [0.717, 1.165) is 56.3 Å². The molecule has 9 heteroatoms. The molecule has 1 saturated heterocycles. The third-order valence-corrected chi connectivity index (χ3v) is 4.93. The molecule has 0 saturated carbocycles. The van der Waals surface area contributed by atoms with E-state index in [1.807, 2.05) is 23.9 Å². The van der Waals surface area contributed by atoms with E-state index in [-0.39, 0.29) is 29.7 Å². The molecule has 0 amide bonds. The quantitative estimate of drug-likeness (QED) is 0.239. The highest BCUT2D eigenvalue weighted by Gasteiger charge is 2.21. The minimum Gasteiger partial charge on any atom is -0.435 e. The first-order valence-electron chi connectivity index (χ1n) is 8.88. The Bertz CT molecular complexity index is 563. The second kappa shape index (κ2) is 13.2. The summed E-state index contributed by atoms with van der Waals surface area (Å²) >= 11 is 1.84. The SMILES string of the molecule is CN=C(NCCCSC)NC1CCCN(c2ccc(OC(F)F)cc2)C1.I. The van der Waals surface area contributed by atoms with Gasteiger partial charge in [0.05, 0.1) is 0 Å². The van der Waals surface area contributed by atoms with Gasteiger partial charge in [0, 0.05) is 38.4 Å². The Morgan fingerprint density at radius 2 is 2.11 bits per heavy atom. The molecule has 2 N–H and O–H groups in total. The van der Waals surface area contributed by atoms with Gasteiger partial charge in [0.15, 0.2) is 5.96 Å². The number of ether oxygens (including phenoxy) is 1. The molecule has 2 rings (SSSR count). The molecule has 154 valence electrons. The van der Waals surface area contributed by atoms with E-state index in [2.05, 4.69) is 31.5 Å². The van der Waals surface area contributed by atoms with Crippen molar-refractivity contribution in [3.8, 4) is 5.75 Å². The van der Waals surface area contributed by atoms with Crippen LogP contribution in [0.3, 0.4) is 0 Å². The minimum atomic E-state index is -2.79. The number of anilines is 1. The summed E-state index contributed by atoms with van der Waals surface area (Å²) in [5.41, 5.74) is 1.01. The van der Waals surface area contributed by atoms with Crippen molar-refractivity contribution in [3.05, 3.63) is 24.3 Å². The normalized spacial score (nSPS) is 17.4. The van der Waals surface area contributed by atoms with Crippen LogP contribution in [0.1, 0.15) is 19.3 Å². The topological polar surface area (TPSA) is 48.9 Å². The lowest BCUT2D eigenvalue weighted by atomic mass is 10.0. The van der Waals surface area contributed by atoms with Gasteiger partial charge < -0.3 is 20.3 Å². The molecular formula is C18H29F2IN4OS. The van der Waals surface area contributed by atoms with Crippen LogP contribution < -0.4 is 20.3 Å². The molecular weight excluding hydrogens is 485 g/mol. The number of halogens is 3. The molecule has 0 aliphatic carbocycles. The van der Waals surface area contributed by atoms with E-state index < -0.39 is 6.61 Å². The number of aliphatic imine (C=N–C) groups is 1. The molecule has 27 heavy (non-hydrogen) atoms. The number of hydrogen-bond acceptors (Lipinski definition) is 4. The van der Waals surface area contributed by atoms with Gasteiger partial charge in [-0.1, -0.05) is 0 Å². The first-order chi connectivity index (χ1) is 12.6. The number of nitrogens with one attached hydrogen (secondary N) is 2. The summed E-state index contributed by atoms with van der Waals surface area (Å²) in [4.78, 5) is 6.56. The van der Waals surface area contributed by atoms with E-state index in [0.29, 0.717) is 6.04 Å². The highest BCUT2D eigenvalue weighted by Crippen LogP contribution is 2.23. The summed E-state index contributed by atoms with van der Waals surface area (Å²) in [7, 11) is 1.78. The van der Waals surface area contributed by atoms with Gasteiger partial charge in [-0.2, -0.15) is 20.5 Å². The lowest BCUT2D eigenvalue weighted by Gasteiger charge is -2.35. The van der Waals surface area contributed by atoms with Crippen LogP contribution in [0.5, 0.6) is 5.75 Å². The number of piperidine rings is 1. The molecule has 0 aromatic heterocycles. The number of guanidine groups is 1. The summed E-state index contributed by atoms with van der Waals surface area (Å²) in [5, 5.41) is 6.84. The molecule has 0 bridgehead atoms. The van der Waals surface area contributed by atoms with E-state index >= 15 is 0 Å². The van der Waals surface area contributed by atoms with Gasteiger partial charge in [0.25, 0.3) is 0 Å². The zero-order valence-corrected chi connectivity index (χ0v) is 18.9. The fraction of sp³-hybridized carbons (Fsp3) is 0.611. The smallest absolute Gasteiger partial charge is 0.387 e. The predicted molar refractivity (Wildman–Crippen MR) is 121 cm³/mol. The standard InChI is InChI=1S/C18H28F2N4OS.HI/c1-21-18(22-10-4-12-26-2)23-14-5-3-11-24(13-14)15-6-8-16(9-7-15)25-17(19)20;/h6-9,14,17H,3-5,10-13H2,1-2H3,(H2,21,22,23);1H. The van der Waals surface area contributed by atoms with Crippen molar-refractivity contribution in [3.63, 3.8) is 0 Å². The Morgan fingerprint density at radius 3 is 2.74 bits per heavy atom. The molecule has 5 nitrogen and oxygen atoms in total. The maximum Gasteiger partial charge on any atom is 0.387 e. The molecule has 1 aliphatic rings. The first-order valence-corrected chi connectivity index (χ1v) is 10.3. The van der Waals surface area contributed by atoms with E-state index in [4.69, 9.17) is 0 Å². The highest BCUT2D eigenvalue weighted by molar-refractivity contribution is 14.0. The second-order valence-electron chi connectivity index (χ2n) is 6.15. The molecule has 1 unspecified atom stereocenters. The van der Waals surface area contributed by atoms with Crippen LogP contribution in [0.4, 0.5) is 14.5 Å². The van der Waals surface area contributed by atoms with Crippen molar-refractivity contribution >= 4 is 47.4 Å². The van der Waals surface area contributed by atoms with Crippen LogP contribution in [0.15, 0.2) is 29.3 Å². The predicted octanol–water partition coefficient (Wildman–Crippen LogP) is 3.79. The average molecular weight is 514 g/mol. The number of benzene rings is 1. The number of nitrogens with zero attached hydrogens (tertiary/aromatic N) is 2.